The Kier molecular flexibility index (Phi) is 6.50. The summed E-state index contributed by atoms with van der Waals surface area (Å²) in [6, 6.07) is 11.6. The van der Waals surface area contributed by atoms with Gasteiger partial charge in [-0.25, -0.2) is 9.78 Å². The third-order valence-corrected chi connectivity index (χ3v) is 6.21. The van der Waals surface area contributed by atoms with Crippen molar-refractivity contribution in [2.24, 2.45) is 14.1 Å². The third kappa shape index (κ3) is 4.77. The summed E-state index contributed by atoms with van der Waals surface area (Å²) in [5, 5.41) is 7.03. The maximum Gasteiger partial charge on any atom is 0.332 e. The Balaban J connectivity index is 1.58. The molecule has 1 aromatic carbocycles. The van der Waals surface area contributed by atoms with Crippen LogP contribution in [0.2, 0.25) is 0 Å². The summed E-state index contributed by atoms with van der Waals surface area (Å²) in [6.45, 7) is 2.28. The van der Waals surface area contributed by atoms with E-state index >= 15 is 0 Å². The lowest BCUT2D eigenvalue weighted by molar-refractivity contribution is -0.115. The molecule has 0 aliphatic heterocycles. The molecule has 10 nitrogen and oxygen atoms in total. The number of thioether (sulfide) groups is 1. The van der Waals surface area contributed by atoms with Crippen molar-refractivity contribution in [3.63, 3.8) is 0 Å². The lowest BCUT2D eigenvalue weighted by Gasteiger charge is -2.11. The molecule has 0 aliphatic rings. The smallest absolute Gasteiger partial charge is 0.332 e. The van der Waals surface area contributed by atoms with Gasteiger partial charge in [-0.15, -0.1) is 0 Å². The first-order valence-corrected chi connectivity index (χ1v) is 11.4. The zero-order valence-electron chi connectivity index (χ0n) is 18.6. The van der Waals surface area contributed by atoms with Crippen molar-refractivity contribution >= 4 is 34.7 Å². The molecule has 33 heavy (non-hydrogen) atoms. The topological polar surface area (TPSA) is 117 Å². The van der Waals surface area contributed by atoms with E-state index in [-0.39, 0.29) is 17.8 Å². The number of nitrogens with one attached hydrogen (secondary N) is 1. The van der Waals surface area contributed by atoms with Crippen molar-refractivity contribution in [1.29, 1.82) is 0 Å². The molecule has 0 unspecified atom stereocenters. The zero-order valence-corrected chi connectivity index (χ0v) is 19.4. The number of aryl methyl sites for hydroxylation is 4. The maximum atomic E-state index is 12.7. The monoisotopic (exact) mass is 468 g/mol. The van der Waals surface area contributed by atoms with E-state index in [1.165, 1.54) is 23.4 Å². The molecule has 3 aromatic heterocycles. The summed E-state index contributed by atoms with van der Waals surface area (Å²) >= 11 is 1.36. The quantitative estimate of drug-likeness (QED) is 0.394. The standard InChI is InChI=1S/C22H24N6O4S/c1-14-13-16(25-32-14)23-17(29)10-12-33-21-24-18-19(26(2)22(31)27(3)20(18)30)28(21)11-9-15-7-5-4-6-8-15/h4-8,13H,9-12H2,1-3H3,(H,23,25,29). The van der Waals surface area contributed by atoms with Crippen molar-refractivity contribution in [3.05, 3.63) is 68.6 Å². The SMILES string of the molecule is Cc1cc(NC(=O)CCSc2nc3c(=O)n(C)c(=O)n(C)c3n2CCc2ccccc2)no1. The molecule has 0 radical (unpaired) electrons. The highest BCUT2D eigenvalue weighted by Crippen LogP contribution is 2.23. The van der Waals surface area contributed by atoms with Gasteiger partial charge in [-0.2, -0.15) is 0 Å². The van der Waals surface area contributed by atoms with Crippen LogP contribution in [-0.2, 0) is 31.9 Å². The molecule has 4 aromatic rings. The van der Waals surface area contributed by atoms with Crippen molar-refractivity contribution in [3.8, 4) is 0 Å². The number of benzene rings is 1. The number of imidazole rings is 1. The second kappa shape index (κ2) is 9.49. The van der Waals surface area contributed by atoms with Crippen LogP contribution < -0.4 is 16.6 Å². The maximum absolute atomic E-state index is 12.7. The van der Waals surface area contributed by atoms with Gasteiger partial charge in [0.2, 0.25) is 5.91 Å². The number of aromatic nitrogens is 5. The van der Waals surface area contributed by atoms with Crippen LogP contribution in [0.4, 0.5) is 5.82 Å². The van der Waals surface area contributed by atoms with Gasteiger partial charge >= 0.3 is 5.69 Å². The van der Waals surface area contributed by atoms with Crippen LogP contribution >= 0.6 is 11.8 Å². The number of fused-ring (bicyclic) bond motifs is 1. The molecule has 4 rings (SSSR count). The summed E-state index contributed by atoms with van der Waals surface area (Å²) in [4.78, 5) is 42.0. The van der Waals surface area contributed by atoms with E-state index in [1.54, 1.807) is 20.0 Å². The predicted molar refractivity (Wildman–Crippen MR) is 126 cm³/mol. The molecule has 1 amide bonds. The van der Waals surface area contributed by atoms with E-state index < -0.39 is 11.2 Å². The molecule has 11 heteroatoms. The van der Waals surface area contributed by atoms with Crippen LogP contribution in [0.5, 0.6) is 0 Å². The van der Waals surface area contributed by atoms with Crippen molar-refractivity contribution in [1.82, 2.24) is 23.8 Å². The van der Waals surface area contributed by atoms with E-state index in [2.05, 4.69) is 15.5 Å². The minimum absolute atomic E-state index is 0.203. The molecular formula is C22H24N6O4S. The molecule has 3 heterocycles. The molecule has 0 spiro atoms. The van der Waals surface area contributed by atoms with Gasteiger partial charge in [-0.3, -0.25) is 18.7 Å². The van der Waals surface area contributed by atoms with Crippen LogP contribution in [0.15, 0.2) is 55.7 Å². The predicted octanol–water partition coefficient (Wildman–Crippen LogP) is 2.09. The van der Waals surface area contributed by atoms with Gasteiger partial charge in [-0.05, 0) is 18.9 Å². The van der Waals surface area contributed by atoms with Gasteiger partial charge in [0, 0.05) is 38.9 Å². The van der Waals surface area contributed by atoms with Gasteiger partial charge < -0.3 is 14.4 Å². The lowest BCUT2D eigenvalue weighted by atomic mass is 10.1. The highest BCUT2D eigenvalue weighted by atomic mass is 32.2. The van der Waals surface area contributed by atoms with Gasteiger partial charge in [0.25, 0.3) is 5.56 Å². The summed E-state index contributed by atoms with van der Waals surface area (Å²) in [5.74, 6) is 1.21. The van der Waals surface area contributed by atoms with Crippen LogP contribution in [0, 0.1) is 6.92 Å². The van der Waals surface area contributed by atoms with Gasteiger partial charge in [0.05, 0.1) is 0 Å². The molecule has 0 saturated heterocycles. The van der Waals surface area contributed by atoms with Gasteiger partial charge in [0.1, 0.15) is 5.76 Å². The number of carbonyl (C=O) groups is 1. The fourth-order valence-corrected chi connectivity index (χ4v) is 4.49. The largest absolute Gasteiger partial charge is 0.360 e. The van der Waals surface area contributed by atoms with Crippen LogP contribution in [0.1, 0.15) is 17.7 Å². The van der Waals surface area contributed by atoms with E-state index in [0.29, 0.717) is 41.1 Å². The molecule has 1 N–H and O–H groups in total. The summed E-state index contributed by atoms with van der Waals surface area (Å²) in [6.07, 6.45) is 0.921. The number of hydrogen-bond acceptors (Lipinski definition) is 7. The normalized spacial score (nSPS) is 11.2. The summed E-state index contributed by atoms with van der Waals surface area (Å²) in [7, 11) is 3.07. The number of hydrogen-bond donors (Lipinski definition) is 1. The molecule has 0 aliphatic carbocycles. The van der Waals surface area contributed by atoms with Crippen LogP contribution in [-0.4, -0.2) is 35.5 Å². The second-order valence-corrected chi connectivity index (χ2v) is 8.69. The fourth-order valence-electron chi connectivity index (χ4n) is 3.53. The Hall–Kier alpha value is -3.60. The fraction of sp³-hybridized carbons (Fsp3) is 0.318. The first kappa shape index (κ1) is 22.6. The highest BCUT2D eigenvalue weighted by Gasteiger charge is 2.19. The zero-order chi connectivity index (χ0) is 23.5. The van der Waals surface area contributed by atoms with Crippen molar-refractivity contribution in [2.45, 2.75) is 31.5 Å². The number of rotatable bonds is 8. The molecule has 0 atom stereocenters. The van der Waals surface area contributed by atoms with E-state index in [9.17, 15) is 14.4 Å². The molecular weight excluding hydrogens is 444 g/mol. The highest BCUT2D eigenvalue weighted by molar-refractivity contribution is 7.99. The Labute approximate surface area is 193 Å². The molecule has 0 saturated carbocycles. The number of nitrogens with zero attached hydrogens (tertiary/aromatic N) is 5. The van der Waals surface area contributed by atoms with E-state index in [0.717, 1.165) is 10.1 Å². The van der Waals surface area contributed by atoms with Crippen molar-refractivity contribution in [2.75, 3.05) is 11.1 Å². The van der Waals surface area contributed by atoms with Crippen molar-refractivity contribution < 1.29 is 9.32 Å². The second-order valence-electron chi connectivity index (χ2n) is 7.63. The Morgan fingerprint density at radius 1 is 1.15 bits per heavy atom. The Morgan fingerprint density at radius 3 is 2.61 bits per heavy atom. The number of amides is 1. The average Bonchev–Trinajstić information content (AvgIpc) is 3.38. The van der Waals surface area contributed by atoms with Gasteiger partial charge in [-0.1, -0.05) is 47.3 Å². The summed E-state index contributed by atoms with van der Waals surface area (Å²) in [5.41, 5.74) is 0.993. The first-order chi connectivity index (χ1) is 15.8. The van der Waals surface area contributed by atoms with Crippen LogP contribution in [0.3, 0.4) is 0 Å². The molecule has 0 bridgehead atoms. The Bertz CT molecular complexity index is 1420. The number of anilines is 1. The molecule has 0 fully saturated rings. The minimum Gasteiger partial charge on any atom is -0.360 e. The number of carbonyl (C=O) groups excluding carboxylic acids is 1. The van der Waals surface area contributed by atoms with Crippen LogP contribution in [0.25, 0.3) is 11.2 Å². The first-order valence-electron chi connectivity index (χ1n) is 10.4. The van der Waals surface area contributed by atoms with Gasteiger partial charge in [0.15, 0.2) is 22.1 Å². The lowest BCUT2D eigenvalue weighted by Crippen LogP contribution is -2.37. The Morgan fingerprint density at radius 2 is 1.91 bits per heavy atom. The summed E-state index contributed by atoms with van der Waals surface area (Å²) < 4.78 is 9.33. The van der Waals surface area contributed by atoms with E-state index in [1.807, 2.05) is 34.9 Å². The minimum atomic E-state index is -0.437. The van der Waals surface area contributed by atoms with E-state index in [4.69, 9.17) is 4.52 Å². The average molecular weight is 469 g/mol. The third-order valence-electron chi connectivity index (χ3n) is 5.23. The molecule has 172 valence electrons.